The number of amides is 1. The Balaban J connectivity index is 1.54. The Kier molecular flexibility index (Phi) is 5.92. The van der Waals surface area contributed by atoms with E-state index >= 15 is 0 Å². The van der Waals surface area contributed by atoms with Gasteiger partial charge in [0.2, 0.25) is 0 Å². The Bertz CT molecular complexity index is 1240. The van der Waals surface area contributed by atoms with Crippen LogP contribution in [-0.4, -0.2) is 22.5 Å². The highest BCUT2D eigenvalue weighted by molar-refractivity contribution is 6.02. The number of benzene rings is 3. The van der Waals surface area contributed by atoms with Gasteiger partial charge in [0.1, 0.15) is 6.10 Å². The van der Waals surface area contributed by atoms with Crippen molar-refractivity contribution in [3.05, 3.63) is 102 Å². The topological polar surface area (TPSA) is 62.2 Å². The van der Waals surface area contributed by atoms with Crippen molar-refractivity contribution in [3.8, 4) is 11.1 Å². The van der Waals surface area contributed by atoms with Gasteiger partial charge in [0, 0.05) is 18.3 Å². The lowest BCUT2D eigenvalue weighted by Gasteiger charge is -2.13. The molecular weight excluding hydrogens is 417 g/mol. The third-order valence-electron chi connectivity index (χ3n) is 5.15. The van der Waals surface area contributed by atoms with Crippen molar-refractivity contribution in [3.63, 3.8) is 0 Å². The molecule has 1 aromatic heterocycles. The molecule has 0 aliphatic heterocycles. The molecule has 162 valence electrons. The zero-order chi connectivity index (χ0) is 22.7. The Morgan fingerprint density at radius 2 is 1.75 bits per heavy atom. The molecule has 4 aromatic rings. The van der Waals surface area contributed by atoms with Crippen LogP contribution in [0.5, 0.6) is 0 Å². The van der Waals surface area contributed by atoms with Crippen LogP contribution in [0.25, 0.3) is 21.9 Å². The molecule has 32 heavy (non-hydrogen) atoms. The summed E-state index contributed by atoms with van der Waals surface area (Å²) >= 11 is 0. The number of halogens is 3. The van der Waals surface area contributed by atoms with E-state index < -0.39 is 17.8 Å². The van der Waals surface area contributed by atoms with Crippen molar-refractivity contribution < 1.29 is 23.1 Å². The number of nitrogens with one attached hydrogen (secondary N) is 1. The summed E-state index contributed by atoms with van der Waals surface area (Å²) in [6.45, 7) is 0.0134. The van der Waals surface area contributed by atoms with E-state index in [0.29, 0.717) is 16.8 Å². The lowest BCUT2D eigenvalue weighted by molar-refractivity contribution is -0.137. The minimum absolute atomic E-state index is 0.0134. The van der Waals surface area contributed by atoms with Gasteiger partial charge in [0.15, 0.2) is 0 Å². The van der Waals surface area contributed by atoms with E-state index in [2.05, 4.69) is 10.3 Å². The normalized spacial score (nSPS) is 12.5. The number of carbonyl (C=O) groups excluding carboxylic acids is 1. The first-order valence-corrected chi connectivity index (χ1v) is 9.90. The monoisotopic (exact) mass is 436 g/mol. The predicted octanol–water partition coefficient (Wildman–Crippen LogP) is 5.38. The molecule has 4 nitrogen and oxygen atoms in total. The summed E-state index contributed by atoms with van der Waals surface area (Å²) < 4.78 is 38.5. The number of aliphatic hydroxyl groups is 1. The van der Waals surface area contributed by atoms with E-state index in [4.69, 9.17) is 0 Å². The van der Waals surface area contributed by atoms with Crippen molar-refractivity contribution in [1.82, 2.24) is 10.3 Å². The molecule has 0 aliphatic rings. The van der Waals surface area contributed by atoms with Crippen molar-refractivity contribution in [2.75, 3.05) is 6.54 Å². The molecule has 0 radical (unpaired) electrons. The number of aliphatic hydroxyl groups excluding tert-OH is 1. The summed E-state index contributed by atoms with van der Waals surface area (Å²) in [5.74, 6) is -0.346. The molecule has 3 aromatic carbocycles. The molecule has 0 aliphatic carbocycles. The highest BCUT2D eigenvalue weighted by Gasteiger charge is 2.30. The van der Waals surface area contributed by atoms with Gasteiger partial charge in [-0.2, -0.15) is 13.2 Å². The fourth-order valence-electron chi connectivity index (χ4n) is 3.48. The highest BCUT2D eigenvalue weighted by Crippen LogP contribution is 2.33. The molecule has 7 heteroatoms. The first-order chi connectivity index (χ1) is 15.3. The third-order valence-corrected chi connectivity index (χ3v) is 5.15. The zero-order valence-electron chi connectivity index (χ0n) is 16.8. The van der Waals surface area contributed by atoms with Crippen LogP contribution in [-0.2, 0) is 6.18 Å². The van der Waals surface area contributed by atoms with E-state index in [0.717, 1.165) is 28.5 Å². The second-order valence-electron chi connectivity index (χ2n) is 7.30. The maximum atomic E-state index is 12.8. The molecule has 1 heterocycles. The second-order valence-corrected chi connectivity index (χ2v) is 7.30. The number of alkyl halides is 3. The van der Waals surface area contributed by atoms with Crippen LogP contribution in [0.1, 0.15) is 27.7 Å². The second kappa shape index (κ2) is 8.80. The van der Waals surface area contributed by atoms with Crippen LogP contribution >= 0.6 is 0 Å². The number of fused-ring (bicyclic) bond motifs is 1. The fourth-order valence-corrected chi connectivity index (χ4v) is 3.48. The summed E-state index contributed by atoms with van der Waals surface area (Å²) in [5, 5.41) is 14.5. The van der Waals surface area contributed by atoms with Gasteiger partial charge >= 0.3 is 6.18 Å². The number of nitrogens with zero attached hydrogens (tertiary/aromatic N) is 1. The fraction of sp³-hybridized carbons (Fsp3) is 0.120. The summed E-state index contributed by atoms with van der Waals surface area (Å²) in [7, 11) is 0. The van der Waals surface area contributed by atoms with Gasteiger partial charge < -0.3 is 10.4 Å². The van der Waals surface area contributed by atoms with Gasteiger partial charge in [-0.15, -0.1) is 0 Å². The van der Waals surface area contributed by atoms with E-state index in [1.807, 2.05) is 12.1 Å². The quantitative estimate of drug-likeness (QED) is 0.441. The Morgan fingerprint density at radius 3 is 2.44 bits per heavy atom. The average Bonchev–Trinajstić information content (AvgIpc) is 2.81. The largest absolute Gasteiger partial charge is 0.416 e. The van der Waals surface area contributed by atoms with E-state index in [1.54, 1.807) is 48.7 Å². The first-order valence-electron chi connectivity index (χ1n) is 9.90. The highest BCUT2D eigenvalue weighted by atomic mass is 19.4. The lowest BCUT2D eigenvalue weighted by Crippen LogP contribution is -2.28. The molecule has 1 atom stereocenters. The van der Waals surface area contributed by atoms with Gasteiger partial charge in [-0.3, -0.25) is 9.78 Å². The van der Waals surface area contributed by atoms with Crippen LogP contribution in [0.4, 0.5) is 13.2 Å². The zero-order valence-corrected chi connectivity index (χ0v) is 16.8. The first kappa shape index (κ1) is 21.5. The van der Waals surface area contributed by atoms with Gasteiger partial charge in [0.05, 0.1) is 11.3 Å². The van der Waals surface area contributed by atoms with Crippen LogP contribution < -0.4 is 5.32 Å². The van der Waals surface area contributed by atoms with E-state index in [9.17, 15) is 23.1 Å². The molecule has 1 amide bonds. The maximum Gasteiger partial charge on any atom is 0.416 e. The lowest BCUT2D eigenvalue weighted by atomic mass is 9.96. The summed E-state index contributed by atoms with van der Waals surface area (Å²) in [5.41, 5.74) is 1.60. The smallest absolute Gasteiger partial charge is 0.385 e. The van der Waals surface area contributed by atoms with E-state index in [-0.39, 0.29) is 12.5 Å². The van der Waals surface area contributed by atoms with Crippen LogP contribution in [0.3, 0.4) is 0 Å². The molecule has 0 saturated heterocycles. The van der Waals surface area contributed by atoms with Crippen molar-refractivity contribution in [1.29, 1.82) is 0 Å². The van der Waals surface area contributed by atoms with Crippen LogP contribution in [0.15, 0.2) is 85.1 Å². The van der Waals surface area contributed by atoms with Gasteiger partial charge in [-0.1, -0.05) is 42.5 Å². The molecule has 0 saturated carbocycles. The molecule has 2 N–H and O–H groups in total. The molecule has 0 unspecified atom stereocenters. The Morgan fingerprint density at radius 1 is 0.969 bits per heavy atom. The summed E-state index contributed by atoms with van der Waals surface area (Å²) in [6, 6.07) is 20.8. The third kappa shape index (κ3) is 4.63. The molecule has 4 rings (SSSR count). The number of pyridine rings is 1. The summed E-state index contributed by atoms with van der Waals surface area (Å²) in [6.07, 6.45) is -3.74. The maximum absolute atomic E-state index is 12.8. The van der Waals surface area contributed by atoms with Gasteiger partial charge in [-0.05, 0) is 58.3 Å². The number of hydrogen-bond acceptors (Lipinski definition) is 3. The molecule has 0 spiro atoms. The van der Waals surface area contributed by atoms with E-state index in [1.165, 1.54) is 12.1 Å². The number of rotatable bonds is 5. The molecular formula is C25H19F3N2O2. The van der Waals surface area contributed by atoms with Gasteiger partial charge in [0.25, 0.3) is 5.91 Å². The summed E-state index contributed by atoms with van der Waals surface area (Å²) in [4.78, 5) is 16.6. The van der Waals surface area contributed by atoms with Crippen molar-refractivity contribution in [2.24, 2.45) is 0 Å². The van der Waals surface area contributed by atoms with Crippen molar-refractivity contribution >= 4 is 16.7 Å². The standard InChI is InChI=1S/C25H19F3N2O2/c26-25(27,28)19-10-7-16(8-11-19)20-5-3-4-17-14-18(9-12-21(17)20)24(32)30-15-23(31)22-6-1-2-13-29-22/h1-14,23,31H,15H2,(H,30,32)/t23-/m0/s1. The van der Waals surface area contributed by atoms with Crippen LogP contribution in [0.2, 0.25) is 0 Å². The number of aromatic nitrogens is 1. The van der Waals surface area contributed by atoms with Crippen molar-refractivity contribution in [2.45, 2.75) is 12.3 Å². The Labute approximate surface area is 182 Å². The number of carbonyl (C=O) groups is 1. The molecule has 0 fully saturated rings. The Hall–Kier alpha value is -3.71. The number of hydrogen-bond donors (Lipinski definition) is 2. The SMILES string of the molecule is O=C(NC[C@H](O)c1ccccn1)c1ccc2c(-c3ccc(C(F)(F)F)cc3)cccc2c1. The van der Waals surface area contributed by atoms with Gasteiger partial charge in [-0.25, -0.2) is 0 Å². The van der Waals surface area contributed by atoms with Crippen LogP contribution in [0, 0.1) is 0 Å². The average molecular weight is 436 g/mol. The minimum atomic E-state index is -4.39. The molecule has 0 bridgehead atoms. The minimum Gasteiger partial charge on any atom is -0.385 e. The predicted molar refractivity (Wildman–Crippen MR) is 116 cm³/mol.